The second-order valence-corrected chi connectivity index (χ2v) is 7.45. The van der Waals surface area contributed by atoms with Gasteiger partial charge in [0, 0.05) is 12.7 Å². The molecule has 10 heteroatoms. The molecule has 0 aliphatic carbocycles. The minimum absolute atomic E-state index is 0.159. The van der Waals surface area contributed by atoms with Gasteiger partial charge in [-0.2, -0.15) is 13.2 Å². The highest BCUT2D eigenvalue weighted by molar-refractivity contribution is 6.06. The van der Waals surface area contributed by atoms with Gasteiger partial charge in [0.1, 0.15) is 5.75 Å². The SMILES string of the molecule is CN(CC(=O)Nc1ccccc1C(F)(F)F)C(=O)COc1ccccc1C(=O)Nc1ccccc1. The van der Waals surface area contributed by atoms with Crippen molar-refractivity contribution in [1.82, 2.24) is 4.90 Å². The van der Waals surface area contributed by atoms with Gasteiger partial charge in [-0.05, 0) is 36.4 Å². The highest BCUT2D eigenvalue weighted by Gasteiger charge is 2.33. The van der Waals surface area contributed by atoms with E-state index in [1.54, 1.807) is 36.4 Å². The number of anilines is 2. The zero-order chi connectivity index (χ0) is 25.4. The molecule has 3 amide bonds. The average Bonchev–Trinajstić information content (AvgIpc) is 2.82. The zero-order valence-corrected chi connectivity index (χ0v) is 18.6. The van der Waals surface area contributed by atoms with E-state index in [4.69, 9.17) is 4.74 Å². The summed E-state index contributed by atoms with van der Waals surface area (Å²) in [5.41, 5.74) is -0.606. The molecule has 0 heterocycles. The second-order valence-electron chi connectivity index (χ2n) is 7.45. The lowest BCUT2D eigenvalue weighted by atomic mass is 10.1. The van der Waals surface area contributed by atoms with E-state index in [0.29, 0.717) is 5.69 Å². The Morgan fingerprint density at radius 2 is 1.49 bits per heavy atom. The van der Waals surface area contributed by atoms with Gasteiger partial charge in [0.25, 0.3) is 11.8 Å². The molecule has 35 heavy (non-hydrogen) atoms. The van der Waals surface area contributed by atoms with Crippen molar-refractivity contribution in [3.05, 3.63) is 90.0 Å². The van der Waals surface area contributed by atoms with Crippen molar-refractivity contribution in [2.45, 2.75) is 6.18 Å². The number of halogens is 3. The molecule has 3 aromatic rings. The maximum absolute atomic E-state index is 13.1. The summed E-state index contributed by atoms with van der Waals surface area (Å²) >= 11 is 0. The van der Waals surface area contributed by atoms with Crippen molar-refractivity contribution in [3.63, 3.8) is 0 Å². The van der Waals surface area contributed by atoms with Crippen molar-refractivity contribution in [1.29, 1.82) is 0 Å². The molecule has 0 fully saturated rings. The van der Waals surface area contributed by atoms with Crippen molar-refractivity contribution in [3.8, 4) is 5.75 Å². The Kier molecular flexibility index (Phi) is 8.08. The molecule has 0 bridgehead atoms. The number of para-hydroxylation sites is 3. The average molecular weight is 485 g/mol. The van der Waals surface area contributed by atoms with Crippen LogP contribution in [0.15, 0.2) is 78.9 Å². The smallest absolute Gasteiger partial charge is 0.418 e. The van der Waals surface area contributed by atoms with Crippen LogP contribution in [0.25, 0.3) is 0 Å². The van der Waals surface area contributed by atoms with Gasteiger partial charge in [-0.3, -0.25) is 14.4 Å². The number of carbonyl (C=O) groups excluding carboxylic acids is 3. The summed E-state index contributed by atoms with van der Waals surface area (Å²) in [6.45, 7) is -0.983. The number of likely N-dealkylation sites (N-methyl/N-ethyl adjacent to an activating group) is 1. The molecule has 0 aliphatic heterocycles. The molecule has 3 rings (SSSR count). The van der Waals surface area contributed by atoms with Crippen LogP contribution in [0.5, 0.6) is 5.75 Å². The van der Waals surface area contributed by atoms with Crippen molar-refractivity contribution in [2.75, 3.05) is 30.8 Å². The maximum Gasteiger partial charge on any atom is 0.418 e. The van der Waals surface area contributed by atoms with Gasteiger partial charge in [0.05, 0.1) is 23.4 Å². The molecule has 2 N–H and O–H groups in total. The lowest BCUT2D eigenvalue weighted by molar-refractivity contribution is -0.137. The molecule has 182 valence electrons. The predicted octanol–water partition coefficient (Wildman–Crippen LogP) is 4.43. The third kappa shape index (κ3) is 7.07. The number of ether oxygens (including phenoxy) is 1. The Hall–Kier alpha value is -4.34. The van der Waals surface area contributed by atoms with E-state index >= 15 is 0 Å². The molecule has 0 radical (unpaired) electrons. The normalized spacial score (nSPS) is 10.9. The summed E-state index contributed by atoms with van der Waals surface area (Å²) in [5, 5.41) is 4.90. The maximum atomic E-state index is 13.1. The van der Waals surface area contributed by atoms with Crippen LogP contribution in [0.1, 0.15) is 15.9 Å². The van der Waals surface area contributed by atoms with Crippen LogP contribution in [-0.2, 0) is 15.8 Å². The number of benzene rings is 3. The Morgan fingerprint density at radius 1 is 0.857 bits per heavy atom. The largest absolute Gasteiger partial charge is 0.483 e. The minimum atomic E-state index is -4.64. The first-order valence-electron chi connectivity index (χ1n) is 10.4. The van der Waals surface area contributed by atoms with Crippen LogP contribution in [0.3, 0.4) is 0 Å². The standard InChI is InChI=1S/C25H22F3N3O4/c1-31(15-22(32)30-20-13-7-6-12-19(20)25(26,27)28)23(33)16-35-21-14-8-5-11-18(21)24(34)29-17-9-3-2-4-10-17/h2-14H,15-16H2,1H3,(H,29,34)(H,30,32). The summed E-state index contributed by atoms with van der Waals surface area (Å²) < 4.78 is 44.8. The number of nitrogens with one attached hydrogen (secondary N) is 2. The number of carbonyl (C=O) groups is 3. The van der Waals surface area contributed by atoms with Crippen LogP contribution in [-0.4, -0.2) is 42.8 Å². The molecule has 0 atom stereocenters. The van der Waals surface area contributed by atoms with E-state index in [9.17, 15) is 27.6 Å². The molecule has 0 unspecified atom stereocenters. The van der Waals surface area contributed by atoms with Gasteiger partial charge in [-0.25, -0.2) is 0 Å². The molecule has 0 spiro atoms. The fourth-order valence-corrected chi connectivity index (χ4v) is 3.08. The molecule has 0 aromatic heterocycles. The van der Waals surface area contributed by atoms with E-state index in [-0.39, 0.29) is 11.3 Å². The monoisotopic (exact) mass is 485 g/mol. The fourth-order valence-electron chi connectivity index (χ4n) is 3.08. The Bertz CT molecular complexity index is 1200. The summed E-state index contributed by atoms with van der Waals surface area (Å²) in [6, 6.07) is 19.7. The van der Waals surface area contributed by atoms with Gasteiger partial charge in [-0.15, -0.1) is 0 Å². The Labute approximate surface area is 199 Å². The van der Waals surface area contributed by atoms with Crippen LogP contribution in [0, 0.1) is 0 Å². The highest BCUT2D eigenvalue weighted by Crippen LogP contribution is 2.34. The van der Waals surface area contributed by atoms with E-state index in [1.807, 2.05) is 6.07 Å². The van der Waals surface area contributed by atoms with Crippen LogP contribution < -0.4 is 15.4 Å². The Balaban J connectivity index is 1.58. The first kappa shape index (κ1) is 25.3. The van der Waals surface area contributed by atoms with E-state index < -0.39 is 48.3 Å². The quantitative estimate of drug-likeness (QED) is 0.494. The molecule has 0 aliphatic rings. The molecule has 7 nitrogen and oxygen atoms in total. The zero-order valence-electron chi connectivity index (χ0n) is 18.6. The number of rotatable bonds is 8. The van der Waals surface area contributed by atoms with Crippen molar-refractivity contribution >= 4 is 29.1 Å². The third-order valence-corrected chi connectivity index (χ3v) is 4.83. The number of hydrogen-bond donors (Lipinski definition) is 2. The van der Waals surface area contributed by atoms with Gasteiger partial charge in [-0.1, -0.05) is 42.5 Å². The Morgan fingerprint density at radius 3 is 2.20 bits per heavy atom. The lowest BCUT2D eigenvalue weighted by Gasteiger charge is -2.19. The first-order valence-corrected chi connectivity index (χ1v) is 10.4. The highest BCUT2D eigenvalue weighted by atomic mass is 19.4. The number of alkyl halides is 3. The third-order valence-electron chi connectivity index (χ3n) is 4.83. The van der Waals surface area contributed by atoms with E-state index in [0.717, 1.165) is 17.0 Å². The number of nitrogens with zero attached hydrogens (tertiary/aromatic N) is 1. The molecule has 0 saturated heterocycles. The van der Waals surface area contributed by atoms with Crippen molar-refractivity contribution in [2.24, 2.45) is 0 Å². The summed E-state index contributed by atoms with van der Waals surface area (Å²) in [4.78, 5) is 38.3. The topological polar surface area (TPSA) is 87.7 Å². The predicted molar refractivity (Wildman–Crippen MR) is 124 cm³/mol. The summed E-state index contributed by atoms with van der Waals surface area (Å²) in [6.07, 6.45) is -4.64. The van der Waals surface area contributed by atoms with Crippen molar-refractivity contribution < 1.29 is 32.3 Å². The molecule has 3 aromatic carbocycles. The van der Waals surface area contributed by atoms with Crippen LogP contribution >= 0.6 is 0 Å². The van der Waals surface area contributed by atoms with Crippen LogP contribution in [0.4, 0.5) is 24.5 Å². The number of amides is 3. The van der Waals surface area contributed by atoms with Gasteiger partial charge in [0.15, 0.2) is 6.61 Å². The first-order chi connectivity index (χ1) is 16.6. The van der Waals surface area contributed by atoms with Gasteiger partial charge < -0.3 is 20.3 Å². The second kappa shape index (κ2) is 11.2. The minimum Gasteiger partial charge on any atom is -0.483 e. The molecular weight excluding hydrogens is 463 g/mol. The lowest BCUT2D eigenvalue weighted by Crippen LogP contribution is -2.38. The molecular formula is C25H22F3N3O4. The summed E-state index contributed by atoms with van der Waals surface area (Å²) in [5.74, 6) is -1.69. The van der Waals surface area contributed by atoms with E-state index in [1.165, 1.54) is 31.3 Å². The van der Waals surface area contributed by atoms with Crippen LogP contribution in [0.2, 0.25) is 0 Å². The number of hydrogen-bond acceptors (Lipinski definition) is 4. The van der Waals surface area contributed by atoms with Gasteiger partial charge in [0.2, 0.25) is 5.91 Å². The van der Waals surface area contributed by atoms with E-state index in [2.05, 4.69) is 10.6 Å². The van der Waals surface area contributed by atoms with Gasteiger partial charge >= 0.3 is 6.18 Å². The summed E-state index contributed by atoms with van der Waals surface area (Å²) in [7, 11) is 1.31. The fraction of sp³-hybridized carbons (Fsp3) is 0.160. The molecule has 0 saturated carbocycles.